The van der Waals surface area contributed by atoms with Crippen molar-refractivity contribution in [3.63, 3.8) is 0 Å². The molecule has 25 heavy (non-hydrogen) atoms. The summed E-state index contributed by atoms with van der Waals surface area (Å²) < 4.78 is 0. The summed E-state index contributed by atoms with van der Waals surface area (Å²) in [5.74, 6) is 0.646. The molecule has 0 unspecified atom stereocenters. The molecule has 0 saturated heterocycles. The van der Waals surface area contributed by atoms with Gasteiger partial charge in [0.15, 0.2) is 0 Å². The molecule has 0 amide bonds. The summed E-state index contributed by atoms with van der Waals surface area (Å²) in [5, 5.41) is 0. The Kier molecular flexibility index (Phi) is 5.03. The van der Waals surface area contributed by atoms with Crippen molar-refractivity contribution in [2.24, 2.45) is 5.92 Å². The number of nitrogens with zero attached hydrogens (tertiary/aromatic N) is 1. The molecule has 0 bridgehead atoms. The van der Waals surface area contributed by atoms with Crippen LogP contribution in [0, 0.1) is 26.7 Å². The topological polar surface area (TPSA) is 12.9 Å². The van der Waals surface area contributed by atoms with Gasteiger partial charge < -0.3 is 0 Å². The van der Waals surface area contributed by atoms with E-state index in [0.717, 1.165) is 12.1 Å². The van der Waals surface area contributed by atoms with Crippen LogP contribution >= 0.6 is 0 Å². The van der Waals surface area contributed by atoms with Crippen molar-refractivity contribution in [1.82, 2.24) is 4.98 Å². The van der Waals surface area contributed by atoms with E-state index >= 15 is 0 Å². The van der Waals surface area contributed by atoms with Gasteiger partial charge in [0.25, 0.3) is 0 Å². The lowest BCUT2D eigenvalue weighted by Crippen LogP contribution is -2.00. The predicted octanol–water partition coefficient (Wildman–Crippen LogP) is 6.54. The molecule has 0 radical (unpaired) electrons. The smallest absolute Gasteiger partial charge is 0.0707 e. The zero-order valence-electron chi connectivity index (χ0n) is 15.9. The quantitative estimate of drug-likeness (QED) is 0.529. The average molecular weight is 329 g/mol. The minimum atomic E-state index is 0.646. The molecule has 1 nitrogen and oxygen atoms in total. The number of aryl methyl sites for hydroxylation is 3. The maximum atomic E-state index is 4.74. The van der Waals surface area contributed by atoms with Gasteiger partial charge in [-0.15, -0.1) is 0 Å². The van der Waals surface area contributed by atoms with E-state index in [-0.39, 0.29) is 0 Å². The lowest BCUT2D eigenvalue weighted by molar-refractivity contribution is 0.644. The van der Waals surface area contributed by atoms with Crippen LogP contribution in [0.15, 0.2) is 54.7 Å². The zero-order chi connectivity index (χ0) is 18.0. The Balaban J connectivity index is 2.12. The maximum Gasteiger partial charge on any atom is 0.0707 e. The van der Waals surface area contributed by atoms with E-state index in [4.69, 9.17) is 4.98 Å². The Labute approximate surface area is 151 Å². The van der Waals surface area contributed by atoms with Crippen LogP contribution in [-0.4, -0.2) is 4.98 Å². The van der Waals surface area contributed by atoms with Crippen LogP contribution in [0.1, 0.15) is 36.1 Å². The second kappa shape index (κ2) is 7.23. The van der Waals surface area contributed by atoms with Crippen molar-refractivity contribution in [2.75, 3.05) is 0 Å². The van der Waals surface area contributed by atoms with Gasteiger partial charge in [-0.2, -0.15) is 0 Å². The van der Waals surface area contributed by atoms with Gasteiger partial charge in [0.2, 0.25) is 0 Å². The first-order valence-corrected chi connectivity index (χ1v) is 9.08. The molecule has 0 aliphatic rings. The van der Waals surface area contributed by atoms with Gasteiger partial charge in [0.1, 0.15) is 0 Å². The summed E-state index contributed by atoms with van der Waals surface area (Å²) in [6.45, 7) is 11.1. The molecule has 0 aliphatic heterocycles. The molecular formula is C24H27N. The molecule has 0 spiro atoms. The van der Waals surface area contributed by atoms with Crippen LogP contribution in [0.5, 0.6) is 0 Å². The van der Waals surface area contributed by atoms with Crippen molar-refractivity contribution in [1.29, 1.82) is 0 Å². The van der Waals surface area contributed by atoms with Crippen LogP contribution in [-0.2, 0) is 6.42 Å². The van der Waals surface area contributed by atoms with Crippen molar-refractivity contribution in [2.45, 2.75) is 41.0 Å². The van der Waals surface area contributed by atoms with Crippen LogP contribution in [0.4, 0.5) is 0 Å². The van der Waals surface area contributed by atoms with Crippen molar-refractivity contribution in [3.05, 3.63) is 77.0 Å². The lowest BCUT2D eigenvalue weighted by atomic mass is 9.92. The van der Waals surface area contributed by atoms with Crippen LogP contribution < -0.4 is 0 Å². The molecule has 0 N–H and O–H groups in total. The number of benzene rings is 2. The molecule has 3 aromatic rings. The molecule has 1 heteroatoms. The first kappa shape index (κ1) is 17.4. The molecule has 0 atom stereocenters. The third-order valence-corrected chi connectivity index (χ3v) is 4.78. The van der Waals surface area contributed by atoms with Crippen LogP contribution in [0.3, 0.4) is 0 Å². The summed E-state index contributed by atoms with van der Waals surface area (Å²) in [7, 11) is 0. The molecule has 0 saturated carbocycles. The normalized spacial score (nSPS) is 11.1. The molecule has 2 aromatic carbocycles. The Morgan fingerprint density at radius 2 is 1.48 bits per heavy atom. The van der Waals surface area contributed by atoms with E-state index in [1.54, 1.807) is 0 Å². The van der Waals surface area contributed by atoms with Gasteiger partial charge in [-0.1, -0.05) is 50.2 Å². The Morgan fingerprint density at radius 3 is 2.16 bits per heavy atom. The molecule has 0 fully saturated rings. The fourth-order valence-electron chi connectivity index (χ4n) is 3.43. The molecule has 1 aromatic heterocycles. The Hall–Kier alpha value is -2.41. The number of hydrogen-bond donors (Lipinski definition) is 0. The van der Waals surface area contributed by atoms with Crippen LogP contribution in [0.2, 0.25) is 0 Å². The minimum absolute atomic E-state index is 0.646. The highest BCUT2D eigenvalue weighted by atomic mass is 14.7. The standard InChI is InChI=1S/C24H27N/c1-16(2)11-21-13-24(25-15-19(21)5)23-14-22(17(3)12-18(23)4)20-9-7-6-8-10-20/h6-10,12-16H,11H2,1-5H3. The van der Waals surface area contributed by atoms with Gasteiger partial charge in [-0.25, -0.2) is 0 Å². The Bertz CT molecular complexity index is 876. The summed E-state index contributed by atoms with van der Waals surface area (Å²) in [4.78, 5) is 4.74. The van der Waals surface area contributed by atoms with Crippen LogP contribution in [0.25, 0.3) is 22.4 Å². The monoisotopic (exact) mass is 329 g/mol. The van der Waals surface area contributed by atoms with Gasteiger partial charge in [0, 0.05) is 11.8 Å². The van der Waals surface area contributed by atoms with E-state index in [2.05, 4.69) is 83.1 Å². The fourth-order valence-corrected chi connectivity index (χ4v) is 3.43. The van der Waals surface area contributed by atoms with Gasteiger partial charge >= 0.3 is 0 Å². The van der Waals surface area contributed by atoms with Crippen molar-refractivity contribution < 1.29 is 0 Å². The summed E-state index contributed by atoms with van der Waals surface area (Å²) in [6.07, 6.45) is 3.12. The van der Waals surface area contributed by atoms with E-state index in [1.165, 1.54) is 38.9 Å². The molecule has 1 heterocycles. The van der Waals surface area contributed by atoms with E-state index < -0.39 is 0 Å². The lowest BCUT2D eigenvalue weighted by Gasteiger charge is -2.15. The maximum absolute atomic E-state index is 4.74. The molecule has 128 valence electrons. The number of aromatic nitrogens is 1. The molecule has 0 aliphatic carbocycles. The predicted molar refractivity (Wildman–Crippen MR) is 108 cm³/mol. The van der Waals surface area contributed by atoms with Gasteiger partial charge in [-0.3, -0.25) is 4.98 Å². The summed E-state index contributed by atoms with van der Waals surface area (Å²) in [6, 6.07) is 17.5. The van der Waals surface area contributed by atoms with E-state index in [9.17, 15) is 0 Å². The number of rotatable bonds is 4. The highest BCUT2D eigenvalue weighted by Crippen LogP contribution is 2.32. The SMILES string of the molecule is Cc1cnc(-c2cc(-c3ccccc3)c(C)cc2C)cc1CC(C)C. The van der Waals surface area contributed by atoms with Gasteiger partial charge in [-0.05, 0) is 78.6 Å². The largest absolute Gasteiger partial charge is 0.256 e. The third kappa shape index (κ3) is 3.82. The third-order valence-electron chi connectivity index (χ3n) is 4.78. The van der Waals surface area contributed by atoms with Gasteiger partial charge in [0.05, 0.1) is 5.69 Å². The van der Waals surface area contributed by atoms with Crippen molar-refractivity contribution in [3.8, 4) is 22.4 Å². The highest BCUT2D eigenvalue weighted by Gasteiger charge is 2.11. The minimum Gasteiger partial charge on any atom is -0.256 e. The zero-order valence-corrected chi connectivity index (χ0v) is 15.9. The second-order valence-electron chi connectivity index (χ2n) is 7.44. The number of hydrogen-bond acceptors (Lipinski definition) is 1. The highest BCUT2D eigenvalue weighted by molar-refractivity contribution is 5.76. The summed E-state index contributed by atoms with van der Waals surface area (Å²) in [5.41, 5.74) is 10.1. The first-order chi connectivity index (χ1) is 12.0. The van der Waals surface area contributed by atoms with E-state index in [1.807, 2.05) is 6.20 Å². The fraction of sp³-hybridized carbons (Fsp3) is 0.292. The molecular weight excluding hydrogens is 302 g/mol. The first-order valence-electron chi connectivity index (χ1n) is 9.08. The summed E-state index contributed by atoms with van der Waals surface area (Å²) >= 11 is 0. The van der Waals surface area contributed by atoms with E-state index in [0.29, 0.717) is 5.92 Å². The Morgan fingerprint density at radius 1 is 0.800 bits per heavy atom. The average Bonchev–Trinajstić information content (AvgIpc) is 2.57. The second-order valence-corrected chi connectivity index (χ2v) is 7.44. The molecule has 3 rings (SSSR count). The number of pyridine rings is 1. The van der Waals surface area contributed by atoms with Crippen molar-refractivity contribution >= 4 is 0 Å².